The lowest BCUT2D eigenvalue weighted by Crippen LogP contribution is -2.34. The van der Waals surface area contributed by atoms with Gasteiger partial charge in [-0.05, 0) is 69.1 Å². The number of nitrogens with one attached hydrogen (secondary N) is 1. The zero-order chi connectivity index (χ0) is 23.6. The Morgan fingerprint density at radius 3 is 2.64 bits per heavy atom. The maximum atomic E-state index is 14.4. The van der Waals surface area contributed by atoms with Crippen LogP contribution in [0, 0.1) is 5.41 Å². The number of halogens is 3. The van der Waals surface area contributed by atoms with Crippen LogP contribution >= 0.6 is 0 Å². The molecule has 2 saturated carbocycles. The van der Waals surface area contributed by atoms with E-state index in [0.29, 0.717) is 17.3 Å². The summed E-state index contributed by atoms with van der Waals surface area (Å²) in [6.45, 7) is 6.85. The number of aromatic nitrogens is 2. The average Bonchev–Trinajstić information content (AvgIpc) is 3.50. The molecule has 7 heteroatoms. The van der Waals surface area contributed by atoms with E-state index in [1.54, 1.807) is 19.1 Å². The first-order valence-corrected chi connectivity index (χ1v) is 12.6. The highest BCUT2D eigenvalue weighted by molar-refractivity contribution is 6.01. The van der Waals surface area contributed by atoms with Gasteiger partial charge in [-0.25, -0.2) is 4.99 Å². The molecule has 4 fully saturated rings. The van der Waals surface area contributed by atoms with E-state index in [1.807, 2.05) is 13.0 Å². The van der Waals surface area contributed by atoms with Gasteiger partial charge < -0.3 is 4.90 Å². The van der Waals surface area contributed by atoms with Gasteiger partial charge in [-0.1, -0.05) is 39.2 Å². The van der Waals surface area contributed by atoms with Crippen LogP contribution in [0.3, 0.4) is 0 Å². The highest BCUT2D eigenvalue weighted by Crippen LogP contribution is 2.56. The second kappa shape index (κ2) is 9.67. The molecule has 1 aromatic rings. The predicted octanol–water partition coefficient (Wildman–Crippen LogP) is 7.25. The SMILES string of the molecule is C\C=C/C(=N\C(=C\CC)N1CC2(CCC)CC1C2)C(c1cc(C2CCCC2)[nH]n1)C(F)(F)F. The van der Waals surface area contributed by atoms with Gasteiger partial charge in [0.1, 0.15) is 11.7 Å². The van der Waals surface area contributed by atoms with Gasteiger partial charge in [-0.3, -0.25) is 5.10 Å². The molecule has 0 amide bonds. The van der Waals surface area contributed by atoms with Crippen LogP contribution in [0.1, 0.15) is 102 Å². The van der Waals surface area contributed by atoms with Crippen molar-refractivity contribution in [1.82, 2.24) is 15.1 Å². The Labute approximate surface area is 195 Å². The molecule has 5 rings (SSSR count). The third-order valence-electron chi connectivity index (χ3n) is 7.66. The lowest BCUT2D eigenvalue weighted by Gasteiger charge is -2.37. The topological polar surface area (TPSA) is 44.3 Å². The number of alkyl halides is 3. The van der Waals surface area contributed by atoms with Crippen molar-refractivity contribution in [2.24, 2.45) is 10.4 Å². The summed E-state index contributed by atoms with van der Waals surface area (Å²) in [4.78, 5) is 6.95. The van der Waals surface area contributed by atoms with Gasteiger partial charge in [0.2, 0.25) is 0 Å². The molecule has 0 aromatic carbocycles. The Morgan fingerprint density at radius 1 is 1.30 bits per heavy atom. The molecule has 1 atom stereocenters. The zero-order valence-corrected chi connectivity index (χ0v) is 20.1. The van der Waals surface area contributed by atoms with Crippen molar-refractivity contribution in [3.8, 4) is 0 Å². The normalized spacial score (nSPS) is 27.6. The largest absolute Gasteiger partial charge is 0.402 e. The van der Waals surface area contributed by atoms with Crippen molar-refractivity contribution >= 4 is 5.71 Å². The van der Waals surface area contributed by atoms with Gasteiger partial charge in [-0.2, -0.15) is 18.3 Å². The van der Waals surface area contributed by atoms with E-state index in [9.17, 15) is 13.2 Å². The minimum atomic E-state index is -4.48. The highest BCUT2D eigenvalue weighted by Gasteiger charge is 2.55. The summed E-state index contributed by atoms with van der Waals surface area (Å²) >= 11 is 0. The molecule has 182 valence electrons. The number of aromatic amines is 1. The summed E-state index contributed by atoms with van der Waals surface area (Å²) < 4.78 is 43.3. The smallest absolute Gasteiger partial charge is 0.353 e. The van der Waals surface area contributed by atoms with Crippen molar-refractivity contribution in [2.75, 3.05) is 6.54 Å². The van der Waals surface area contributed by atoms with Crippen LogP contribution in [-0.2, 0) is 0 Å². The summed E-state index contributed by atoms with van der Waals surface area (Å²) in [6.07, 6.45) is 10.2. The van der Waals surface area contributed by atoms with Crippen LogP contribution in [0.4, 0.5) is 13.2 Å². The summed E-state index contributed by atoms with van der Waals surface area (Å²) in [5.41, 5.74) is 1.18. The van der Waals surface area contributed by atoms with Crippen molar-refractivity contribution in [1.29, 1.82) is 0 Å². The van der Waals surface area contributed by atoms with Gasteiger partial charge in [-0.15, -0.1) is 0 Å². The summed E-state index contributed by atoms with van der Waals surface area (Å²) in [7, 11) is 0. The minimum absolute atomic E-state index is 0.0165. The summed E-state index contributed by atoms with van der Waals surface area (Å²) in [5, 5.41) is 7.06. The minimum Gasteiger partial charge on any atom is -0.353 e. The fourth-order valence-electron chi connectivity index (χ4n) is 6.21. The lowest BCUT2D eigenvalue weighted by molar-refractivity contribution is -0.135. The molecule has 1 aromatic heterocycles. The molecule has 4 aliphatic rings. The maximum Gasteiger partial charge on any atom is 0.402 e. The van der Waals surface area contributed by atoms with Crippen molar-refractivity contribution in [3.63, 3.8) is 0 Å². The fraction of sp³-hybridized carbons (Fsp3) is 0.692. The highest BCUT2D eigenvalue weighted by atomic mass is 19.4. The Bertz CT molecular complexity index is 899. The van der Waals surface area contributed by atoms with Crippen LogP contribution in [-0.4, -0.2) is 39.6 Å². The van der Waals surface area contributed by atoms with Crippen LogP contribution in [0.2, 0.25) is 0 Å². The standard InChI is InChI=1S/C26H37F3N4/c1-4-9-20(30-23(10-5-2)33-17-25(13-6-3)15-19(33)16-25)24(26(27,28)29)22-14-21(31-32-22)18-11-7-8-12-18/h4,9-10,14,18-19,24H,5-8,11-13,15-17H2,1-3H3,(H,31,32)/b9-4-,23-10-,30-20+. The first-order chi connectivity index (χ1) is 15.8. The number of hydrogen-bond acceptors (Lipinski definition) is 3. The fourth-order valence-corrected chi connectivity index (χ4v) is 6.21. The van der Waals surface area contributed by atoms with Gasteiger partial charge >= 0.3 is 6.18 Å². The molecular weight excluding hydrogens is 425 g/mol. The second-order valence-corrected chi connectivity index (χ2v) is 10.2. The Hall–Kier alpha value is -2.05. The number of allylic oxidation sites excluding steroid dienone is 3. The molecule has 2 saturated heterocycles. The molecule has 1 N–H and O–H groups in total. The number of fused-ring (bicyclic) bond motifs is 1. The predicted molar refractivity (Wildman–Crippen MR) is 126 cm³/mol. The lowest BCUT2D eigenvalue weighted by atomic mass is 9.68. The average molecular weight is 463 g/mol. The van der Waals surface area contributed by atoms with Gasteiger partial charge in [0.15, 0.2) is 0 Å². The van der Waals surface area contributed by atoms with E-state index in [1.165, 1.54) is 12.5 Å². The molecule has 2 aliphatic heterocycles. The van der Waals surface area contributed by atoms with Gasteiger partial charge in [0.25, 0.3) is 0 Å². The molecule has 2 aliphatic carbocycles. The molecule has 1 unspecified atom stereocenters. The molecule has 0 radical (unpaired) electrons. The number of nitrogens with zero attached hydrogens (tertiary/aromatic N) is 3. The van der Waals surface area contributed by atoms with Crippen molar-refractivity contribution in [2.45, 2.75) is 103 Å². The molecule has 2 bridgehead atoms. The van der Waals surface area contributed by atoms with E-state index in [2.05, 4.69) is 22.0 Å². The Kier molecular flexibility index (Phi) is 7.06. The quantitative estimate of drug-likeness (QED) is 0.393. The van der Waals surface area contributed by atoms with E-state index < -0.39 is 12.1 Å². The zero-order valence-electron chi connectivity index (χ0n) is 20.1. The Balaban J connectivity index is 1.67. The third-order valence-corrected chi connectivity index (χ3v) is 7.66. The van der Waals surface area contributed by atoms with Crippen molar-refractivity contribution < 1.29 is 13.2 Å². The van der Waals surface area contributed by atoms with E-state index >= 15 is 0 Å². The monoisotopic (exact) mass is 462 g/mol. The summed E-state index contributed by atoms with van der Waals surface area (Å²) in [6, 6.07) is 2.02. The first kappa shape index (κ1) is 24.1. The molecule has 0 spiro atoms. The van der Waals surface area contributed by atoms with Gasteiger partial charge in [0.05, 0.1) is 11.4 Å². The van der Waals surface area contributed by atoms with Crippen LogP contribution in [0.25, 0.3) is 0 Å². The summed E-state index contributed by atoms with van der Waals surface area (Å²) in [5.74, 6) is -0.876. The van der Waals surface area contributed by atoms with Crippen molar-refractivity contribution in [3.05, 3.63) is 41.5 Å². The van der Waals surface area contributed by atoms with Gasteiger partial charge in [0, 0.05) is 24.2 Å². The molecule has 3 heterocycles. The molecular formula is C26H37F3N4. The maximum absolute atomic E-state index is 14.4. The number of H-pyrrole nitrogens is 1. The first-order valence-electron chi connectivity index (χ1n) is 12.6. The number of aliphatic imine (C=N–C) groups is 1. The number of hydrogen-bond donors (Lipinski definition) is 1. The number of rotatable bonds is 9. The van der Waals surface area contributed by atoms with E-state index in [4.69, 9.17) is 4.99 Å². The van der Waals surface area contributed by atoms with Crippen LogP contribution in [0.15, 0.2) is 35.1 Å². The van der Waals surface area contributed by atoms with Crippen LogP contribution in [0.5, 0.6) is 0 Å². The Morgan fingerprint density at radius 2 is 2.03 bits per heavy atom. The van der Waals surface area contributed by atoms with Crippen LogP contribution < -0.4 is 0 Å². The molecule has 33 heavy (non-hydrogen) atoms. The third kappa shape index (κ3) is 4.92. The van der Waals surface area contributed by atoms with E-state index in [0.717, 1.165) is 63.6 Å². The second-order valence-electron chi connectivity index (χ2n) is 10.2. The van der Waals surface area contributed by atoms with E-state index in [-0.39, 0.29) is 17.3 Å². The molecule has 4 nitrogen and oxygen atoms in total.